The van der Waals surface area contributed by atoms with Crippen LogP contribution in [0.15, 0.2) is 52.6 Å². The summed E-state index contributed by atoms with van der Waals surface area (Å²) in [5, 5.41) is 4.33. The summed E-state index contributed by atoms with van der Waals surface area (Å²) in [4.78, 5) is 20.1. The van der Waals surface area contributed by atoms with E-state index in [0.29, 0.717) is 25.1 Å². The van der Waals surface area contributed by atoms with Gasteiger partial charge < -0.3 is 4.90 Å². The number of sulfonamides is 1. The average molecular weight is 430 g/mol. The summed E-state index contributed by atoms with van der Waals surface area (Å²) in [6.45, 7) is 3.35. The number of fused-ring (bicyclic) bond motifs is 1. The summed E-state index contributed by atoms with van der Waals surface area (Å²) < 4.78 is 29.3. The molecule has 3 heterocycles. The molecule has 4 rings (SSSR count). The number of carbonyl (C=O) groups is 1. The predicted octanol–water partition coefficient (Wildman–Crippen LogP) is 2.34. The van der Waals surface area contributed by atoms with E-state index < -0.39 is 16.1 Å². The molecule has 2 aliphatic heterocycles. The van der Waals surface area contributed by atoms with Gasteiger partial charge in [-0.15, -0.1) is 0 Å². The Hall–Kier alpha value is -2.68. The lowest BCUT2D eigenvalue weighted by molar-refractivity contribution is -0.134. The molecule has 1 fully saturated rings. The predicted molar refractivity (Wildman–Crippen MR) is 114 cm³/mol. The Morgan fingerprint density at radius 1 is 1.33 bits per heavy atom. The number of likely N-dealkylation sites (tertiary alicyclic amines) is 1. The van der Waals surface area contributed by atoms with Gasteiger partial charge in [0.05, 0.1) is 10.9 Å². The van der Waals surface area contributed by atoms with Crippen LogP contribution >= 0.6 is 0 Å². The number of hydrogen-bond donors (Lipinski definition) is 1. The number of carbonyl (C=O) groups excluding carboxylic acids is 1. The van der Waals surface area contributed by atoms with Crippen LogP contribution in [-0.2, 0) is 14.8 Å². The Balaban J connectivity index is 1.58. The molecule has 0 aliphatic carbocycles. The molecule has 8 nitrogen and oxygen atoms in total. The molecule has 2 aromatic rings. The minimum atomic E-state index is -3.63. The molecule has 1 aromatic heterocycles. The van der Waals surface area contributed by atoms with Gasteiger partial charge in [-0.2, -0.15) is 5.10 Å². The molecule has 1 N–H and O–H groups in total. The molecule has 0 unspecified atom stereocenters. The fraction of sp³-hybridized carbons (Fsp3) is 0.476. The molecule has 1 saturated heterocycles. The highest BCUT2D eigenvalue weighted by Gasteiger charge is 2.34. The summed E-state index contributed by atoms with van der Waals surface area (Å²) in [6.07, 6.45) is 7.93. The number of amides is 1. The minimum Gasteiger partial charge on any atom is -0.339 e. The van der Waals surface area contributed by atoms with Crippen LogP contribution in [-0.4, -0.2) is 54.0 Å². The number of unbranched alkanes of at least 4 members (excludes halogenated alkanes) is 1. The van der Waals surface area contributed by atoms with Crippen molar-refractivity contribution in [1.29, 1.82) is 0 Å². The van der Waals surface area contributed by atoms with Crippen molar-refractivity contribution in [2.75, 3.05) is 13.1 Å². The number of hydrogen-bond acceptors (Lipinski definition) is 5. The van der Waals surface area contributed by atoms with Gasteiger partial charge in [0.25, 0.3) is 10.0 Å². The van der Waals surface area contributed by atoms with Crippen molar-refractivity contribution in [3.63, 3.8) is 0 Å². The first-order valence-corrected chi connectivity index (χ1v) is 12.0. The zero-order valence-electron chi connectivity index (χ0n) is 17.1. The third-order valence-corrected chi connectivity index (χ3v) is 7.07. The normalized spacial score (nSPS) is 22.5. The Labute approximate surface area is 177 Å². The first kappa shape index (κ1) is 20.6. The summed E-state index contributed by atoms with van der Waals surface area (Å²) >= 11 is 0. The van der Waals surface area contributed by atoms with Gasteiger partial charge >= 0.3 is 0 Å². The van der Waals surface area contributed by atoms with Crippen LogP contribution in [0.4, 0.5) is 0 Å². The lowest BCUT2D eigenvalue weighted by Crippen LogP contribution is -2.45. The summed E-state index contributed by atoms with van der Waals surface area (Å²) in [6, 6.07) is 8.18. The van der Waals surface area contributed by atoms with Crippen LogP contribution in [0, 0.1) is 0 Å². The summed E-state index contributed by atoms with van der Waals surface area (Å²) in [5.41, 5.74) is 0.528. The van der Waals surface area contributed by atoms with Crippen molar-refractivity contribution >= 4 is 21.8 Å². The number of benzene rings is 1. The van der Waals surface area contributed by atoms with E-state index in [0.717, 1.165) is 25.7 Å². The van der Waals surface area contributed by atoms with Crippen LogP contribution in [0.5, 0.6) is 0 Å². The molecule has 0 spiro atoms. The van der Waals surface area contributed by atoms with Gasteiger partial charge in [0, 0.05) is 31.0 Å². The highest BCUT2D eigenvalue weighted by atomic mass is 32.2. The number of piperidine rings is 1. The van der Waals surface area contributed by atoms with Gasteiger partial charge in [-0.1, -0.05) is 31.9 Å². The Morgan fingerprint density at radius 3 is 2.93 bits per heavy atom. The van der Waals surface area contributed by atoms with Gasteiger partial charge in [0.1, 0.15) is 11.9 Å². The minimum absolute atomic E-state index is 0.0450. The second-order valence-electron chi connectivity index (χ2n) is 7.80. The molecular weight excluding hydrogens is 402 g/mol. The standard InChI is InChI=1S/C21H27N5O3S/c1-2-3-10-18(23-20-17-9-4-5-11-19(17)30(28,29)24-20)21(27)25-13-6-8-16(15-25)26-14-7-12-22-26/h4-5,7,9,11-12,14,16,18H,2-3,6,8,10,13,15H2,1H3,(H,23,24)/t16-,18-/m0/s1. The number of rotatable bonds is 6. The molecule has 0 radical (unpaired) electrons. The smallest absolute Gasteiger partial charge is 0.263 e. The van der Waals surface area contributed by atoms with Crippen molar-refractivity contribution < 1.29 is 13.2 Å². The largest absolute Gasteiger partial charge is 0.339 e. The van der Waals surface area contributed by atoms with Crippen molar-refractivity contribution in [3.05, 3.63) is 48.3 Å². The number of aliphatic imine (C=N–C) groups is 1. The molecule has 1 amide bonds. The van der Waals surface area contributed by atoms with E-state index in [1.807, 2.05) is 21.8 Å². The highest BCUT2D eigenvalue weighted by Crippen LogP contribution is 2.25. The van der Waals surface area contributed by atoms with Crippen LogP contribution in [0.1, 0.15) is 50.6 Å². The van der Waals surface area contributed by atoms with Crippen molar-refractivity contribution in [2.24, 2.45) is 4.99 Å². The monoisotopic (exact) mass is 429 g/mol. The van der Waals surface area contributed by atoms with Crippen molar-refractivity contribution in [3.8, 4) is 0 Å². The molecule has 2 atom stereocenters. The summed E-state index contributed by atoms with van der Waals surface area (Å²) in [7, 11) is -3.63. The SMILES string of the molecule is CCCC[C@H](N=C1NS(=O)(=O)c2ccccc21)C(=O)N1CCC[C@H](n2cccn2)C1. The van der Waals surface area contributed by atoms with E-state index in [9.17, 15) is 13.2 Å². The summed E-state index contributed by atoms with van der Waals surface area (Å²) in [5.74, 6) is 0.220. The molecule has 9 heteroatoms. The van der Waals surface area contributed by atoms with Gasteiger partial charge in [0.2, 0.25) is 5.91 Å². The van der Waals surface area contributed by atoms with Crippen LogP contribution < -0.4 is 4.72 Å². The molecule has 30 heavy (non-hydrogen) atoms. The zero-order chi connectivity index (χ0) is 21.1. The molecule has 1 aromatic carbocycles. The van der Waals surface area contributed by atoms with E-state index in [4.69, 9.17) is 0 Å². The van der Waals surface area contributed by atoms with Crippen molar-refractivity contribution in [1.82, 2.24) is 19.4 Å². The third kappa shape index (κ3) is 4.12. The third-order valence-electron chi connectivity index (χ3n) is 5.67. The molecule has 160 valence electrons. The first-order valence-electron chi connectivity index (χ1n) is 10.5. The maximum absolute atomic E-state index is 13.4. The van der Waals surface area contributed by atoms with Gasteiger partial charge in [-0.25, -0.2) is 8.42 Å². The second kappa shape index (κ2) is 8.59. The van der Waals surface area contributed by atoms with Gasteiger partial charge in [0.15, 0.2) is 0 Å². The van der Waals surface area contributed by atoms with E-state index in [-0.39, 0.29) is 22.7 Å². The Bertz CT molecular complexity index is 1030. The first-order chi connectivity index (χ1) is 14.5. The van der Waals surface area contributed by atoms with E-state index in [1.165, 1.54) is 0 Å². The van der Waals surface area contributed by atoms with Crippen molar-refractivity contribution in [2.45, 2.75) is 56.0 Å². The Kier molecular flexibility index (Phi) is 5.90. The maximum Gasteiger partial charge on any atom is 0.263 e. The molecule has 0 bridgehead atoms. The van der Waals surface area contributed by atoms with Crippen LogP contribution in [0.25, 0.3) is 0 Å². The number of amidine groups is 1. The quantitative estimate of drug-likeness (QED) is 0.762. The average Bonchev–Trinajstić information content (AvgIpc) is 3.38. The number of nitrogens with one attached hydrogen (secondary N) is 1. The van der Waals surface area contributed by atoms with E-state index >= 15 is 0 Å². The van der Waals surface area contributed by atoms with Gasteiger partial charge in [-0.3, -0.25) is 19.2 Å². The zero-order valence-corrected chi connectivity index (χ0v) is 17.9. The van der Waals surface area contributed by atoms with Gasteiger partial charge in [-0.05, 0) is 37.5 Å². The Morgan fingerprint density at radius 2 is 2.17 bits per heavy atom. The lowest BCUT2D eigenvalue weighted by atomic mass is 10.0. The second-order valence-corrected chi connectivity index (χ2v) is 9.45. The highest BCUT2D eigenvalue weighted by molar-refractivity contribution is 7.90. The molecule has 2 aliphatic rings. The number of nitrogens with zero attached hydrogens (tertiary/aromatic N) is 4. The van der Waals surface area contributed by atoms with E-state index in [2.05, 4.69) is 21.7 Å². The lowest BCUT2D eigenvalue weighted by Gasteiger charge is -2.34. The van der Waals surface area contributed by atoms with E-state index in [1.54, 1.807) is 30.5 Å². The topological polar surface area (TPSA) is 96.7 Å². The van der Waals surface area contributed by atoms with Crippen LogP contribution in [0.2, 0.25) is 0 Å². The fourth-order valence-electron chi connectivity index (χ4n) is 4.10. The number of aromatic nitrogens is 2. The van der Waals surface area contributed by atoms with Crippen LogP contribution in [0.3, 0.4) is 0 Å². The fourth-order valence-corrected chi connectivity index (χ4v) is 5.34. The molecule has 0 saturated carbocycles. The maximum atomic E-state index is 13.4. The molecular formula is C21H27N5O3S.